The Kier molecular flexibility index (Phi) is 4.30. The maximum absolute atomic E-state index is 11.6. The lowest BCUT2D eigenvalue weighted by Crippen LogP contribution is -2.48. The molecule has 0 aromatic rings. The zero-order chi connectivity index (χ0) is 13.1. The lowest BCUT2D eigenvalue weighted by Gasteiger charge is -2.37. The van der Waals surface area contributed by atoms with Crippen LogP contribution in [0.5, 0.6) is 0 Å². The molecule has 98 valence electrons. The van der Waals surface area contributed by atoms with Crippen molar-refractivity contribution < 1.29 is 24.6 Å². The van der Waals surface area contributed by atoms with Gasteiger partial charge in [-0.2, -0.15) is 0 Å². The molecular weight excluding hydrogens is 228 g/mol. The van der Waals surface area contributed by atoms with Crippen molar-refractivity contribution in [3.05, 3.63) is 0 Å². The highest BCUT2D eigenvalue weighted by atomic mass is 16.7. The Labute approximate surface area is 99.5 Å². The van der Waals surface area contributed by atoms with Crippen LogP contribution in [0.15, 0.2) is 0 Å². The number of hydroxylamine groups is 2. The highest BCUT2D eigenvalue weighted by molar-refractivity contribution is 5.76. The van der Waals surface area contributed by atoms with Gasteiger partial charge in [0.2, 0.25) is 5.91 Å². The molecule has 1 aliphatic rings. The third-order valence-electron chi connectivity index (χ3n) is 3.07. The molecule has 0 bridgehead atoms. The SMILES string of the molecule is CON(C)C(=O)CC1(O)CCN(C(=O)O)CC1. The van der Waals surface area contributed by atoms with Crippen molar-refractivity contribution >= 4 is 12.0 Å². The number of carbonyl (C=O) groups excluding carboxylic acids is 1. The third kappa shape index (κ3) is 3.57. The van der Waals surface area contributed by atoms with Crippen LogP contribution in [-0.2, 0) is 9.63 Å². The standard InChI is InChI=1S/C10H18N2O5/c1-11(17-2)8(13)7-10(16)3-5-12(6-4-10)9(14)15/h16H,3-7H2,1-2H3,(H,14,15). The van der Waals surface area contributed by atoms with Gasteiger partial charge in [0.05, 0.1) is 19.1 Å². The molecule has 7 heteroatoms. The molecule has 0 atom stereocenters. The maximum Gasteiger partial charge on any atom is 0.407 e. The van der Waals surface area contributed by atoms with Crippen molar-refractivity contribution in [2.24, 2.45) is 0 Å². The summed E-state index contributed by atoms with van der Waals surface area (Å²) in [7, 11) is 2.84. The van der Waals surface area contributed by atoms with Crippen LogP contribution in [-0.4, -0.2) is 65.0 Å². The molecule has 1 saturated heterocycles. The van der Waals surface area contributed by atoms with Gasteiger partial charge in [-0.25, -0.2) is 9.86 Å². The molecule has 0 unspecified atom stereocenters. The van der Waals surface area contributed by atoms with E-state index in [0.29, 0.717) is 0 Å². The van der Waals surface area contributed by atoms with E-state index >= 15 is 0 Å². The van der Waals surface area contributed by atoms with E-state index in [1.165, 1.54) is 19.1 Å². The van der Waals surface area contributed by atoms with E-state index in [4.69, 9.17) is 9.94 Å². The first kappa shape index (κ1) is 13.7. The van der Waals surface area contributed by atoms with Crippen LogP contribution in [0.4, 0.5) is 4.79 Å². The van der Waals surface area contributed by atoms with Gasteiger partial charge in [-0.3, -0.25) is 9.63 Å². The van der Waals surface area contributed by atoms with Gasteiger partial charge in [0, 0.05) is 20.1 Å². The van der Waals surface area contributed by atoms with Gasteiger partial charge in [0.25, 0.3) is 0 Å². The van der Waals surface area contributed by atoms with Crippen LogP contribution in [0.1, 0.15) is 19.3 Å². The smallest absolute Gasteiger partial charge is 0.407 e. The van der Waals surface area contributed by atoms with E-state index in [-0.39, 0.29) is 38.3 Å². The molecule has 0 spiro atoms. The van der Waals surface area contributed by atoms with Gasteiger partial charge in [-0.05, 0) is 12.8 Å². The number of carbonyl (C=O) groups is 2. The number of hydrogen-bond donors (Lipinski definition) is 2. The summed E-state index contributed by atoms with van der Waals surface area (Å²) in [5, 5.41) is 20.0. The fraction of sp³-hybridized carbons (Fsp3) is 0.800. The lowest BCUT2D eigenvalue weighted by atomic mass is 9.88. The van der Waals surface area contributed by atoms with E-state index in [1.807, 2.05) is 0 Å². The number of nitrogens with zero attached hydrogens (tertiary/aromatic N) is 2. The van der Waals surface area contributed by atoms with Gasteiger partial charge in [-0.15, -0.1) is 0 Å². The van der Waals surface area contributed by atoms with Crippen LogP contribution >= 0.6 is 0 Å². The third-order valence-corrected chi connectivity index (χ3v) is 3.07. The summed E-state index contributed by atoms with van der Waals surface area (Å²) >= 11 is 0. The Hall–Kier alpha value is -1.34. The molecule has 0 saturated carbocycles. The van der Waals surface area contributed by atoms with Crippen LogP contribution in [0.3, 0.4) is 0 Å². The average Bonchev–Trinajstić information content (AvgIpc) is 2.27. The summed E-state index contributed by atoms with van der Waals surface area (Å²) in [5.41, 5.74) is -1.13. The summed E-state index contributed by atoms with van der Waals surface area (Å²) in [4.78, 5) is 28.2. The number of rotatable bonds is 3. The number of likely N-dealkylation sites (tertiary alicyclic amines) is 1. The van der Waals surface area contributed by atoms with Crippen LogP contribution in [0, 0.1) is 0 Å². The molecule has 17 heavy (non-hydrogen) atoms. The van der Waals surface area contributed by atoms with Gasteiger partial charge in [0.15, 0.2) is 0 Å². The molecule has 7 nitrogen and oxygen atoms in total. The van der Waals surface area contributed by atoms with Crippen molar-refractivity contribution in [1.29, 1.82) is 0 Å². The number of piperidine rings is 1. The molecule has 2 amide bonds. The monoisotopic (exact) mass is 246 g/mol. The average molecular weight is 246 g/mol. The van der Waals surface area contributed by atoms with Crippen molar-refractivity contribution in [2.45, 2.75) is 24.9 Å². The van der Waals surface area contributed by atoms with Crippen molar-refractivity contribution in [1.82, 2.24) is 9.96 Å². The van der Waals surface area contributed by atoms with E-state index in [1.54, 1.807) is 0 Å². The minimum Gasteiger partial charge on any atom is -0.465 e. The Morgan fingerprint density at radius 2 is 1.94 bits per heavy atom. The molecule has 2 N–H and O–H groups in total. The highest BCUT2D eigenvalue weighted by Crippen LogP contribution is 2.26. The molecule has 1 heterocycles. The molecule has 0 aromatic carbocycles. The first-order valence-electron chi connectivity index (χ1n) is 5.39. The summed E-state index contributed by atoms with van der Waals surface area (Å²) in [6, 6.07) is 0. The maximum atomic E-state index is 11.6. The Balaban J connectivity index is 2.50. The van der Waals surface area contributed by atoms with Crippen LogP contribution in [0.25, 0.3) is 0 Å². The van der Waals surface area contributed by atoms with Crippen molar-refractivity contribution in [3.63, 3.8) is 0 Å². The number of amides is 2. The number of aliphatic hydroxyl groups is 1. The van der Waals surface area contributed by atoms with Crippen molar-refractivity contribution in [2.75, 3.05) is 27.2 Å². The quantitative estimate of drug-likeness (QED) is 0.679. The van der Waals surface area contributed by atoms with Crippen LogP contribution < -0.4 is 0 Å². The number of hydrogen-bond acceptors (Lipinski definition) is 4. The van der Waals surface area contributed by atoms with E-state index in [0.717, 1.165) is 5.06 Å². The zero-order valence-corrected chi connectivity index (χ0v) is 10.0. The molecule has 1 rings (SSSR count). The predicted molar refractivity (Wildman–Crippen MR) is 58.2 cm³/mol. The predicted octanol–water partition coefficient (Wildman–Crippen LogP) is -0.0988. The van der Waals surface area contributed by atoms with E-state index in [9.17, 15) is 14.7 Å². The van der Waals surface area contributed by atoms with E-state index < -0.39 is 11.7 Å². The lowest BCUT2D eigenvalue weighted by molar-refractivity contribution is -0.174. The molecule has 0 radical (unpaired) electrons. The minimum absolute atomic E-state index is 0.0508. The fourth-order valence-corrected chi connectivity index (χ4v) is 1.79. The number of carboxylic acid groups (broad SMARTS) is 1. The van der Waals surface area contributed by atoms with E-state index in [2.05, 4.69) is 0 Å². The second-order valence-corrected chi connectivity index (χ2v) is 4.24. The first-order chi connectivity index (χ1) is 7.88. The Bertz CT molecular complexity index is 299. The molecule has 0 aromatic heterocycles. The van der Waals surface area contributed by atoms with Gasteiger partial charge in [-0.1, -0.05) is 0 Å². The normalized spacial score (nSPS) is 18.9. The molecule has 1 fully saturated rings. The zero-order valence-electron chi connectivity index (χ0n) is 10.0. The Morgan fingerprint density at radius 3 is 2.35 bits per heavy atom. The first-order valence-corrected chi connectivity index (χ1v) is 5.39. The second-order valence-electron chi connectivity index (χ2n) is 4.24. The molecule has 0 aliphatic carbocycles. The summed E-state index contributed by atoms with van der Waals surface area (Å²) in [6.45, 7) is 0.492. The highest BCUT2D eigenvalue weighted by Gasteiger charge is 2.36. The molecule has 1 aliphatic heterocycles. The van der Waals surface area contributed by atoms with Crippen LogP contribution in [0.2, 0.25) is 0 Å². The summed E-state index contributed by atoms with van der Waals surface area (Å²) in [6.07, 6.45) is -0.511. The largest absolute Gasteiger partial charge is 0.465 e. The fourth-order valence-electron chi connectivity index (χ4n) is 1.79. The van der Waals surface area contributed by atoms with Gasteiger partial charge in [0.1, 0.15) is 0 Å². The van der Waals surface area contributed by atoms with Gasteiger partial charge < -0.3 is 15.1 Å². The van der Waals surface area contributed by atoms with Gasteiger partial charge >= 0.3 is 6.09 Å². The minimum atomic E-state index is -1.13. The topological polar surface area (TPSA) is 90.3 Å². The summed E-state index contributed by atoms with van der Waals surface area (Å²) < 4.78 is 0. The second kappa shape index (κ2) is 5.33. The Morgan fingerprint density at radius 1 is 1.41 bits per heavy atom. The van der Waals surface area contributed by atoms with Crippen molar-refractivity contribution in [3.8, 4) is 0 Å². The molecular formula is C10H18N2O5. The summed E-state index contributed by atoms with van der Waals surface area (Å²) in [5.74, 6) is -0.321.